The molecule has 0 atom stereocenters. The lowest BCUT2D eigenvalue weighted by Gasteiger charge is -2.36. The second kappa shape index (κ2) is 4.14. The molecule has 2 aliphatic heterocycles. The van der Waals surface area contributed by atoms with E-state index in [0.29, 0.717) is 0 Å². The van der Waals surface area contributed by atoms with E-state index in [1.807, 2.05) is 52.9 Å². The van der Waals surface area contributed by atoms with Crippen molar-refractivity contribution in [3.63, 3.8) is 0 Å². The van der Waals surface area contributed by atoms with Crippen LogP contribution in [0.15, 0.2) is 48.6 Å². The van der Waals surface area contributed by atoms with Gasteiger partial charge in [0.15, 0.2) is 0 Å². The molecule has 0 radical (unpaired) electrons. The molecule has 0 aliphatic carbocycles. The zero-order chi connectivity index (χ0) is 12.5. The highest BCUT2D eigenvalue weighted by Crippen LogP contribution is 2.36. The molecule has 0 unspecified atom stereocenters. The number of rotatable bonds is 2. The normalized spacial score (nSPS) is 16.0. The summed E-state index contributed by atoms with van der Waals surface area (Å²) in [5, 5.41) is 4.01. The maximum atomic E-state index is 5.37. The average Bonchev–Trinajstić information content (AvgIpc) is 2.45. The van der Waals surface area contributed by atoms with Crippen LogP contribution in [0.1, 0.15) is 5.56 Å². The van der Waals surface area contributed by atoms with Crippen LogP contribution in [0.25, 0.3) is 6.08 Å². The molecule has 0 amide bonds. The van der Waals surface area contributed by atoms with Gasteiger partial charge in [-0.1, -0.05) is 6.07 Å². The Morgan fingerprint density at radius 2 is 1.89 bits per heavy atom. The van der Waals surface area contributed by atoms with E-state index in [2.05, 4.69) is 6.07 Å². The fraction of sp³-hybridized carbons (Fsp3) is 0.143. The molecule has 0 bridgehead atoms. The lowest BCUT2D eigenvalue weighted by molar-refractivity contribution is 0.290. The molecule has 2 aliphatic rings. The molecule has 4 nitrogen and oxygen atoms in total. The number of methoxy groups -OCH3 is 2. The van der Waals surface area contributed by atoms with Gasteiger partial charge in [0.2, 0.25) is 0 Å². The number of hydrazine groups is 1. The summed E-state index contributed by atoms with van der Waals surface area (Å²) < 4.78 is 10.6. The van der Waals surface area contributed by atoms with E-state index in [1.165, 1.54) is 0 Å². The average molecular weight is 242 g/mol. The van der Waals surface area contributed by atoms with Gasteiger partial charge in [0.1, 0.15) is 11.5 Å². The second-order valence-electron chi connectivity index (χ2n) is 3.98. The first-order chi connectivity index (χ1) is 8.83. The van der Waals surface area contributed by atoms with E-state index in [4.69, 9.17) is 9.47 Å². The number of hydrogen-bond donors (Lipinski definition) is 0. The van der Waals surface area contributed by atoms with Gasteiger partial charge in [0.05, 0.1) is 26.1 Å². The van der Waals surface area contributed by atoms with Gasteiger partial charge in [0.25, 0.3) is 0 Å². The number of hydrogen-bond acceptors (Lipinski definition) is 4. The van der Waals surface area contributed by atoms with Crippen LogP contribution >= 0.6 is 0 Å². The highest BCUT2D eigenvalue weighted by atomic mass is 16.5. The fourth-order valence-corrected chi connectivity index (χ4v) is 2.13. The molecule has 0 spiro atoms. The van der Waals surface area contributed by atoms with Crippen molar-refractivity contribution >= 4 is 11.8 Å². The molecular formula is C14H14N2O2. The smallest absolute Gasteiger partial charge is 0.138 e. The van der Waals surface area contributed by atoms with Crippen LogP contribution in [0.5, 0.6) is 5.75 Å². The molecule has 4 heteroatoms. The van der Waals surface area contributed by atoms with E-state index in [9.17, 15) is 0 Å². The lowest BCUT2D eigenvalue weighted by atomic mass is 10.1. The first-order valence-corrected chi connectivity index (χ1v) is 5.70. The van der Waals surface area contributed by atoms with Crippen LogP contribution in [-0.2, 0) is 4.74 Å². The summed E-state index contributed by atoms with van der Waals surface area (Å²) in [6.45, 7) is 0. The van der Waals surface area contributed by atoms with Gasteiger partial charge in [0, 0.05) is 24.0 Å². The van der Waals surface area contributed by atoms with Gasteiger partial charge in [-0.3, -0.25) is 10.0 Å². The number of allylic oxidation sites excluding steroid dienone is 1. The van der Waals surface area contributed by atoms with Crippen LogP contribution in [0.2, 0.25) is 0 Å². The number of benzene rings is 1. The van der Waals surface area contributed by atoms with E-state index in [1.54, 1.807) is 14.2 Å². The van der Waals surface area contributed by atoms with Crippen LogP contribution < -0.4 is 9.75 Å². The molecule has 0 aromatic heterocycles. The Bertz CT molecular complexity index is 561. The Labute approximate surface area is 106 Å². The van der Waals surface area contributed by atoms with Crippen LogP contribution in [0.4, 0.5) is 5.69 Å². The van der Waals surface area contributed by atoms with Crippen molar-refractivity contribution in [1.82, 2.24) is 5.01 Å². The van der Waals surface area contributed by atoms with Crippen molar-refractivity contribution in [2.24, 2.45) is 0 Å². The molecule has 0 saturated heterocycles. The number of ether oxygens (including phenoxy) is 2. The van der Waals surface area contributed by atoms with Crippen molar-refractivity contribution in [3.8, 4) is 5.75 Å². The van der Waals surface area contributed by atoms with Gasteiger partial charge in [-0.05, 0) is 18.2 Å². The molecule has 18 heavy (non-hydrogen) atoms. The first kappa shape index (κ1) is 10.8. The Balaban J connectivity index is 2.06. The standard InChI is InChI=1S/C14H14N2O2/c1-17-11-6-9-16-13-4-3-5-14(18-2)12(13)7-8-15(16)10-11/h3-10H,1-2H3. The molecule has 1 aromatic rings. The quantitative estimate of drug-likeness (QED) is 0.796. The molecule has 0 saturated carbocycles. The maximum absolute atomic E-state index is 5.37. The Hall–Kier alpha value is -2.36. The molecule has 0 fully saturated rings. The largest absolute Gasteiger partial charge is 0.496 e. The minimum absolute atomic E-state index is 0.822. The summed E-state index contributed by atoms with van der Waals surface area (Å²) in [5.74, 6) is 1.69. The van der Waals surface area contributed by atoms with Crippen LogP contribution in [-0.4, -0.2) is 19.2 Å². The number of anilines is 1. The van der Waals surface area contributed by atoms with Crippen molar-refractivity contribution in [3.05, 3.63) is 54.2 Å². The fourth-order valence-electron chi connectivity index (χ4n) is 2.13. The Morgan fingerprint density at radius 3 is 2.67 bits per heavy atom. The summed E-state index contributed by atoms with van der Waals surface area (Å²) in [5.41, 5.74) is 2.16. The predicted molar refractivity (Wildman–Crippen MR) is 70.6 cm³/mol. The van der Waals surface area contributed by atoms with Crippen LogP contribution in [0.3, 0.4) is 0 Å². The minimum atomic E-state index is 0.822. The molecule has 0 N–H and O–H groups in total. The van der Waals surface area contributed by atoms with E-state index in [-0.39, 0.29) is 0 Å². The second-order valence-corrected chi connectivity index (χ2v) is 3.98. The molecular weight excluding hydrogens is 228 g/mol. The van der Waals surface area contributed by atoms with Gasteiger partial charge >= 0.3 is 0 Å². The lowest BCUT2D eigenvalue weighted by Crippen LogP contribution is -2.35. The third-order valence-electron chi connectivity index (χ3n) is 3.03. The summed E-state index contributed by atoms with van der Waals surface area (Å²) in [6, 6.07) is 6.01. The summed E-state index contributed by atoms with van der Waals surface area (Å²) in [6.07, 6.45) is 9.85. The zero-order valence-electron chi connectivity index (χ0n) is 10.3. The van der Waals surface area contributed by atoms with Crippen molar-refractivity contribution < 1.29 is 9.47 Å². The summed E-state index contributed by atoms with van der Waals surface area (Å²) in [4.78, 5) is 0. The van der Waals surface area contributed by atoms with E-state index >= 15 is 0 Å². The molecule has 2 heterocycles. The molecule has 1 aromatic carbocycles. The first-order valence-electron chi connectivity index (χ1n) is 5.70. The number of nitrogens with zero attached hydrogens (tertiary/aromatic N) is 2. The third-order valence-corrected chi connectivity index (χ3v) is 3.03. The predicted octanol–water partition coefficient (Wildman–Crippen LogP) is 2.72. The van der Waals surface area contributed by atoms with Gasteiger partial charge in [-0.2, -0.15) is 0 Å². The third kappa shape index (κ3) is 1.54. The van der Waals surface area contributed by atoms with Crippen molar-refractivity contribution in [1.29, 1.82) is 0 Å². The Kier molecular flexibility index (Phi) is 2.48. The highest BCUT2D eigenvalue weighted by Gasteiger charge is 2.21. The van der Waals surface area contributed by atoms with Gasteiger partial charge in [-0.15, -0.1) is 0 Å². The topological polar surface area (TPSA) is 24.9 Å². The SMILES string of the molecule is COC1=CN2C=Cc3c(OC)cccc3N2C=C1. The maximum Gasteiger partial charge on any atom is 0.138 e. The Morgan fingerprint density at radius 1 is 1.00 bits per heavy atom. The summed E-state index contributed by atoms with van der Waals surface area (Å²) >= 11 is 0. The zero-order valence-corrected chi connectivity index (χ0v) is 10.3. The minimum Gasteiger partial charge on any atom is -0.496 e. The van der Waals surface area contributed by atoms with Gasteiger partial charge in [-0.25, -0.2) is 0 Å². The van der Waals surface area contributed by atoms with E-state index in [0.717, 1.165) is 22.8 Å². The van der Waals surface area contributed by atoms with E-state index < -0.39 is 0 Å². The van der Waals surface area contributed by atoms with Crippen molar-refractivity contribution in [2.45, 2.75) is 0 Å². The highest BCUT2D eigenvalue weighted by molar-refractivity contribution is 5.76. The van der Waals surface area contributed by atoms with Gasteiger partial charge < -0.3 is 9.47 Å². The summed E-state index contributed by atoms with van der Waals surface area (Å²) in [7, 11) is 3.35. The monoisotopic (exact) mass is 242 g/mol. The van der Waals surface area contributed by atoms with Crippen molar-refractivity contribution in [2.75, 3.05) is 19.2 Å². The molecule has 3 rings (SSSR count). The molecule has 92 valence electrons. The van der Waals surface area contributed by atoms with Crippen LogP contribution in [0, 0.1) is 0 Å². The number of fused-ring (bicyclic) bond motifs is 3.